The summed E-state index contributed by atoms with van der Waals surface area (Å²) >= 11 is 0. The molecular weight excluding hydrogens is 220 g/mol. The maximum Gasteiger partial charge on any atom is 0.373 e. The SMILES string of the molecule is COCCOC(=O)C(=Cc1ccccc1)OC. The highest BCUT2D eigenvalue weighted by Gasteiger charge is 2.10. The third-order valence-electron chi connectivity index (χ3n) is 2.04. The van der Waals surface area contributed by atoms with Gasteiger partial charge >= 0.3 is 5.97 Å². The van der Waals surface area contributed by atoms with E-state index in [9.17, 15) is 4.79 Å². The summed E-state index contributed by atoms with van der Waals surface area (Å²) in [6.45, 7) is 0.582. The lowest BCUT2D eigenvalue weighted by Gasteiger charge is -2.06. The van der Waals surface area contributed by atoms with Crippen molar-refractivity contribution in [1.29, 1.82) is 0 Å². The summed E-state index contributed by atoms with van der Waals surface area (Å²) in [7, 11) is 2.98. The Balaban J connectivity index is 2.64. The van der Waals surface area contributed by atoms with Gasteiger partial charge in [-0.3, -0.25) is 0 Å². The van der Waals surface area contributed by atoms with Crippen molar-refractivity contribution in [3.8, 4) is 0 Å². The minimum Gasteiger partial charge on any atom is -0.490 e. The summed E-state index contributed by atoms with van der Waals surface area (Å²) in [6, 6.07) is 9.42. The van der Waals surface area contributed by atoms with E-state index in [1.165, 1.54) is 7.11 Å². The first kappa shape index (κ1) is 13.3. The van der Waals surface area contributed by atoms with Gasteiger partial charge in [0.15, 0.2) is 0 Å². The number of hydrogen-bond donors (Lipinski definition) is 0. The van der Waals surface area contributed by atoms with Crippen LogP contribution in [0.1, 0.15) is 5.56 Å². The van der Waals surface area contributed by atoms with Gasteiger partial charge in [-0.05, 0) is 11.6 Å². The molecule has 0 unspecified atom stereocenters. The molecular formula is C13H16O4. The highest BCUT2D eigenvalue weighted by molar-refractivity contribution is 5.91. The van der Waals surface area contributed by atoms with Crippen molar-refractivity contribution >= 4 is 12.0 Å². The third kappa shape index (κ3) is 4.70. The molecule has 0 heterocycles. The molecule has 0 atom stereocenters. The average Bonchev–Trinajstić information content (AvgIpc) is 2.37. The van der Waals surface area contributed by atoms with Crippen molar-refractivity contribution in [2.45, 2.75) is 0 Å². The van der Waals surface area contributed by atoms with Gasteiger partial charge in [-0.1, -0.05) is 30.3 Å². The van der Waals surface area contributed by atoms with Crippen molar-refractivity contribution in [1.82, 2.24) is 0 Å². The van der Waals surface area contributed by atoms with E-state index < -0.39 is 5.97 Å². The van der Waals surface area contributed by atoms with Gasteiger partial charge in [-0.25, -0.2) is 4.79 Å². The van der Waals surface area contributed by atoms with Crippen LogP contribution in [0, 0.1) is 0 Å². The fourth-order valence-corrected chi connectivity index (χ4v) is 1.19. The molecule has 92 valence electrons. The zero-order valence-electron chi connectivity index (χ0n) is 10.0. The van der Waals surface area contributed by atoms with Gasteiger partial charge in [0.25, 0.3) is 0 Å². The molecule has 0 saturated carbocycles. The quantitative estimate of drug-likeness (QED) is 0.327. The monoisotopic (exact) mass is 236 g/mol. The molecule has 1 aromatic carbocycles. The molecule has 1 aromatic rings. The second kappa shape index (κ2) is 7.46. The van der Waals surface area contributed by atoms with Crippen molar-refractivity contribution in [2.24, 2.45) is 0 Å². The number of ether oxygens (including phenoxy) is 3. The highest BCUT2D eigenvalue weighted by atomic mass is 16.6. The smallest absolute Gasteiger partial charge is 0.373 e. The minimum atomic E-state index is -0.492. The van der Waals surface area contributed by atoms with Gasteiger partial charge in [0, 0.05) is 7.11 Å². The van der Waals surface area contributed by atoms with Crippen LogP contribution >= 0.6 is 0 Å². The minimum absolute atomic E-state index is 0.173. The number of methoxy groups -OCH3 is 2. The number of esters is 1. The van der Waals surface area contributed by atoms with Crippen LogP contribution in [-0.4, -0.2) is 33.4 Å². The molecule has 0 bridgehead atoms. The number of carbonyl (C=O) groups is 1. The van der Waals surface area contributed by atoms with Gasteiger partial charge in [0.1, 0.15) is 6.61 Å². The van der Waals surface area contributed by atoms with Crippen LogP contribution in [0.3, 0.4) is 0 Å². The predicted octanol–water partition coefficient (Wildman–Crippen LogP) is 1.86. The van der Waals surface area contributed by atoms with Gasteiger partial charge < -0.3 is 14.2 Å². The maximum absolute atomic E-state index is 11.6. The Morgan fingerprint density at radius 2 is 1.88 bits per heavy atom. The second-order valence-electron chi connectivity index (χ2n) is 3.25. The number of carbonyl (C=O) groups excluding carboxylic acids is 1. The van der Waals surface area contributed by atoms with Crippen LogP contribution in [0.5, 0.6) is 0 Å². The Morgan fingerprint density at radius 1 is 1.18 bits per heavy atom. The standard InChI is InChI=1S/C13H16O4/c1-15-8-9-17-13(14)12(16-2)10-11-6-4-3-5-7-11/h3-7,10H,8-9H2,1-2H3. The molecule has 0 aliphatic carbocycles. The van der Waals surface area contributed by atoms with Crippen LogP contribution in [0.25, 0.3) is 6.08 Å². The molecule has 1 rings (SSSR count). The van der Waals surface area contributed by atoms with Crippen molar-refractivity contribution in [2.75, 3.05) is 27.4 Å². The molecule has 0 aliphatic rings. The van der Waals surface area contributed by atoms with Crippen molar-refractivity contribution in [3.05, 3.63) is 41.7 Å². The van der Waals surface area contributed by atoms with Crippen LogP contribution in [-0.2, 0) is 19.0 Å². The van der Waals surface area contributed by atoms with Crippen LogP contribution < -0.4 is 0 Å². The Kier molecular flexibility index (Phi) is 5.82. The predicted molar refractivity (Wildman–Crippen MR) is 64.3 cm³/mol. The van der Waals surface area contributed by atoms with E-state index in [4.69, 9.17) is 14.2 Å². The Hall–Kier alpha value is -1.81. The summed E-state index contributed by atoms with van der Waals surface area (Å²) in [6.07, 6.45) is 1.63. The molecule has 0 fully saturated rings. The fraction of sp³-hybridized carbons (Fsp3) is 0.308. The average molecular weight is 236 g/mol. The molecule has 0 aromatic heterocycles. The largest absolute Gasteiger partial charge is 0.490 e. The molecule has 17 heavy (non-hydrogen) atoms. The van der Waals surface area contributed by atoms with E-state index in [2.05, 4.69) is 0 Å². The lowest BCUT2D eigenvalue weighted by atomic mass is 10.2. The zero-order valence-corrected chi connectivity index (χ0v) is 10.0. The first-order valence-corrected chi connectivity index (χ1v) is 5.24. The van der Waals surface area contributed by atoms with E-state index in [1.807, 2.05) is 30.3 Å². The maximum atomic E-state index is 11.6. The third-order valence-corrected chi connectivity index (χ3v) is 2.04. The number of rotatable bonds is 6. The van der Waals surface area contributed by atoms with Crippen LogP contribution in [0.2, 0.25) is 0 Å². The normalized spacial score (nSPS) is 11.1. The van der Waals surface area contributed by atoms with Gasteiger partial charge in [-0.15, -0.1) is 0 Å². The van der Waals surface area contributed by atoms with Crippen LogP contribution in [0.4, 0.5) is 0 Å². The van der Waals surface area contributed by atoms with E-state index >= 15 is 0 Å². The number of hydrogen-bond acceptors (Lipinski definition) is 4. The first-order chi connectivity index (χ1) is 8.27. The zero-order chi connectivity index (χ0) is 12.5. The Bertz CT molecular complexity index is 370. The van der Waals surface area contributed by atoms with Crippen molar-refractivity contribution in [3.63, 3.8) is 0 Å². The summed E-state index contributed by atoms with van der Waals surface area (Å²) in [5.74, 6) is -0.319. The molecule has 0 radical (unpaired) electrons. The molecule has 0 aliphatic heterocycles. The van der Waals surface area contributed by atoms with E-state index in [0.717, 1.165) is 5.56 Å². The molecule has 0 amide bonds. The topological polar surface area (TPSA) is 44.8 Å². The lowest BCUT2D eigenvalue weighted by molar-refractivity contribution is -0.143. The molecule has 0 saturated heterocycles. The summed E-state index contributed by atoms with van der Waals surface area (Å²) in [5.41, 5.74) is 0.882. The summed E-state index contributed by atoms with van der Waals surface area (Å²) in [5, 5.41) is 0. The van der Waals surface area contributed by atoms with Crippen molar-refractivity contribution < 1.29 is 19.0 Å². The highest BCUT2D eigenvalue weighted by Crippen LogP contribution is 2.08. The van der Waals surface area contributed by atoms with Gasteiger partial charge in [0.2, 0.25) is 5.76 Å². The molecule has 4 nitrogen and oxygen atoms in total. The summed E-state index contributed by atoms with van der Waals surface area (Å²) in [4.78, 5) is 11.6. The summed E-state index contributed by atoms with van der Waals surface area (Å²) < 4.78 is 14.7. The van der Waals surface area contributed by atoms with E-state index in [0.29, 0.717) is 6.61 Å². The van der Waals surface area contributed by atoms with Gasteiger partial charge in [-0.2, -0.15) is 0 Å². The number of benzene rings is 1. The van der Waals surface area contributed by atoms with E-state index in [-0.39, 0.29) is 12.4 Å². The Morgan fingerprint density at radius 3 is 2.47 bits per heavy atom. The van der Waals surface area contributed by atoms with E-state index in [1.54, 1.807) is 13.2 Å². The van der Waals surface area contributed by atoms with Crippen LogP contribution in [0.15, 0.2) is 36.1 Å². The molecule has 0 spiro atoms. The molecule has 4 heteroatoms. The second-order valence-corrected chi connectivity index (χ2v) is 3.25. The molecule has 0 N–H and O–H groups in total. The first-order valence-electron chi connectivity index (χ1n) is 5.24. The Labute approximate surface area is 101 Å². The fourth-order valence-electron chi connectivity index (χ4n) is 1.19. The lowest BCUT2D eigenvalue weighted by Crippen LogP contribution is -2.12. The van der Waals surface area contributed by atoms with Gasteiger partial charge in [0.05, 0.1) is 13.7 Å².